The first-order chi connectivity index (χ1) is 23.5. The minimum Gasteiger partial charge on any atom is -0.384 e. The number of carbonyl (C=O) groups excluding carboxylic acids is 2. The summed E-state index contributed by atoms with van der Waals surface area (Å²) >= 11 is 0. The number of nitrogens with two attached hydrogens (primary N) is 1. The molecular weight excluding hydrogens is 592 g/mol. The molecule has 1 aliphatic heterocycles. The van der Waals surface area contributed by atoms with Crippen LogP contribution in [0.5, 0.6) is 0 Å². The molecule has 48 heavy (non-hydrogen) atoms. The first-order valence-corrected chi connectivity index (χ1v) is 16.4. The molecule has 240 valence electrons. The Morgan fingerprint density at radius 1 is 0.729 bits per heavy atom. The van der Waals surface area contributed by atoms with Crippen LogP contribution in [-0.4, -0.2) is 35.1 Å². The van der Waals surface area contributed by atoms with Gasteiger partial charge in [-0.05, 0) is 57.0 Å². The van der Waals surface area contributed by atoms with E-state index in [4.69, 9.17) is 5.73 Å². The van der Waals surface area contributed by atoms with Crippen LogP contribution in [0.2, 0.25) is 0 Å². The quantitative estimate of drug-likeness (QED) is 0.124. The molecule has 0 saturated heterocycles. The van der Waals surface area contributed by atoms with Crippen LogP contribution in [0.15, 0.2) is 145 Å². The zero-order valence-electron chi connectivity index (χ0n) is 27.0. The fraction of sp³-hybridized carbons (Fsp3) is 0.167. The Morgan fingerprint density at radius 3 is 2.06 bits per heavy atom. The van der Waals surface area contributed by atoms with Crippen molar-refractivity contribution in [1.82, 2.24) is 10.2 Å². The number of carbonyl (C=O) groups is 2. The highest BCUT2D eigenvalue weighted by Gasteiger charge is 2.29. The molecule has 6 rings (SSSR count). The van der Waals surface area contributed by atoms with Crippen molar-refractivity contribution in [3.63, 3.8) is 0 Å². The van der Waals surface area contributed by atoms with Crippen LogP contribution < -0.4 is 11.1 Å². The molecule has 0 aliphatic carbocycles. The number of aliphatic imine (C=N–C) groups is 1. The van der Waals surface area contributed by atoms with Gasteiger partial charge in [-0.1, -0.05) is 140 Å². The summed E-state index contributed by atoms with van der Waals surface area (Å²) < 4.78 is 0. The van der Waals surface area contributed by atoms with E-state index in [2.05, 4.69) is 34.6 Å². The van der Waals surface area contributed by atoms with Crippen LogP contribution in [0.1, 0.15) is 33.4 Å². The summed E-state index contributed by atoms with van der Waals surface area (Å²) in [5.41, 5.74) is 14.7. The van der Waals surface area contributed by atoms with Crippen LogP contribution in [-0.2, 0) is 41.9 Å². The van der Waals surface area contributed by atoms with Gasteiger partial charge in [0.1, 0.15) is 11.9 Å². The van der Waals surface area contributed by atoms with Gasteiger partial charge in [-0.2, -0.15) is 0 Å². The second-order valence-corrected chi connectivity index (χ2v) is 12.1. The van der Waals surface area contributed by atoms with Gasteiger partial charge in [0.15, 0.2) is 0 Å². The minimum absolute atomic E-state index is 0.0658. The molecule has 1 unspecified atom stereocenters. The lowest BCUT2D eigenvalue weighted by atomic mass is 9.97. The monoisotopic (exact) mass is 632 g/mol. The lowest BCUT2D eigenvalue weighted by molar-refractivity contribution is -0.137. The first kappa shape index (κ1) is 32.2. The van der Waals surface area contributed by atoms with Gasteiger partial charge in [0.25, 0.3) is 0 Å². The smallest absolute Gasteiger partial charge is 0.245 e. The van der Waals surface area contributed by atoms with Gasteiger partial charge in [0, 0.05) is 19.5 Å². The van der Waals surface area contributed by atoms with Crippen molar-refractivity contribution in [2.45, 2.75) is 38.4 Å². The molecule has 0 aromatic heterocycles. The lowest BCUT2D eigenvalue weighted by Gasteiger charge is -2.32. The predicted octanol–water partition coefficient (Wildman–Crippen LogP) is 6.78. The number of amidine groups is 1. The Balaban J connectivity index is 1.12. The van der Waals surface area contributed by atoms with Crippen molar-refractivity contribution in [2.75, 3.05) is 6.54 Å². The number of hydrogen-bond donors (Lipinski definition) is 2. The second-order valence-electron chi connectivity index (χ2n) is 12.1. The molecule has 0 radical (unpaired) electrons. The third kappa shape index (κ3) is 8.74. The zero-order chi connectivity index (χ0) is 33.1. The molecule has 6 heteroatoms. The fourth-order valence-corrected chi connectivity index (χ4v) is 5.98. The predicted molar refractivity (Wildman–Crippen MR) is 194 cm³/mol. The Kier molecular flexibility index (Phi) is 10.5. The van der Waals surface area contributed by atoms with Gasteiger partial charge in [0.2, 0.25) is 11.8 Å². The van der Waals surface area contributed by atoms with E-state index in [1.165, 1.54) is 5.56 Å². The van der Waals surface area contributed by atoms with E-state index in [-0.39, 0.29) is 18.2 Å². The number of fused-ring (bicyclic) bond motifs is 1. The number of amides is 2. The molecule has 2 amide bonds. The molecule has 1 atom stereocenters. The number of nitrogens with zero attached hydrogens (tertiary/aromatic N) is 2. The van der Waals surface area contributed by atoms with Crippen LogP contribution in [0, 0.1) is 0 Å². The topological polar surface area (TPSA) is 87.8 Å². The Labute approximate surface area is 282 Å². The van der Waals surface area contributed by atoms with Gasteiger partial charge in [0.05, 0.1) is 13.0 Å². The number of rotatable bonds is 11. The van der Waals surface area contributed by atoms with E-state index in [0.717, 1.165) is 45.4 Å². The minimum atomic E-state index is -0.686. The van der Waals surface area contributed by atoms with E-state index in [1.54, 1.807) is 6.08 Å². The number of benzene rings is 5. The molecule has 1 heterocycles. The molecule has 3 N–H and O–H groups in total. The summed E-state index contributed by atoms with van der Waals surface area (Å²) in [5, 5.41) is 3.09. The SMILES string of the molecule is NC(/C=C/c1ccccc1)=NCc1ccc(CC(NC(=O)Cc2ccc(-c3ccccc3)cc2)C(=O)N2CCc3ccccc3C2)cc1. The highest BCUT2D eigenvalue weighted by atomic mass is 16.2. The highest BCUT2D eigenvalue weighted by Crippen LogP contribution is 2.21. The molecule has 5 aromatic rings. The van der Waals surface area contributed by atoms with Crippen LogP contribution in [0.4, 0.5) is 0 Å². The van der Waals surface area contributed by atoms with Crippen molar-refractivity contribution in [3.05, 3.63) is 173 Å². The summed E-state index contributed by atoms with van der Waals surface area (Å²) in [6.45, 7) is 1.61. The highest BCUT2D eigenvalue weighted by molar-refractivity contribution is 5.95. The molecular formula is C42H40N4O2. The van der Waals surface area contributed by atoms with Gasteiger partial charge < -0.3 is 16.0 Å². The largest absolute Gasteiger partial charge is 0.384 e. The van der Waals surface area contributed by atoms with Crippen molar-refractivity contribution >= 4 is 23.7 Å². The molecule has 6 nitrogen and oxygen atoms in total. The average Bonchev–Trinajstić information content (AvgIpc) is 3.14. The third-order valence-electron chi connectivity index (χ3n) is 8.65. The average molecular weight is 633 g/mol. The van der Waals surface area contributed by atoms with Crippen molar-refractivity contribution < 1.29 is 9.59 Å². The van der Waals surface area contributed by atoms with E-state index in [1.807, 2.05) is 120 Å². The number of nitrogens with one attached hydrogen (secondary N) is 1. The summed E-state index contributed by atoms with van der Waals surface area (Å²) in [7, 11) is 0. The first-order valence-electron chi connectivity index (χ1n) is 16.4. The Morgan fingerprint density at radius 2 is 1.33 bits per heavy atom. The summed E-state index contributed by atoms with van der Waals surface area (Å²) in [6.07, 6.45) is 5.13. The van der Waals surface area contributed by atoms with Gasteiger partial charge in [-0.3, -0.25) is 14.6 Å². The fourth-order valence-electron chi connectivity index (χ4n) is 5.98. The van der Waals surface area contributed by atoms with E-state index in [0.29, 0.717) is 31.9 Å². The van der Waals surface area contributed by atoms with Crippen LogP contribution in [0.3, 0.4) is 0 Å². The lowest BCUT2D eigenvalue weighted by Crippen LogP contribution is -2.51. The summed E-state index contributed by atoms with van der Waals surface area (Å²) in [6, 6.07) is 43.7. The maximum atomic E-state index is 14.0. The van der Waals surface area contributed by atoms with E-state index < -0.39 is 6.04 Å². The van der Waals surface area contributed by atoms with E-state index >= 15 is 0 Å². The zero-order valence-corrected chi connectivity index (χ0v) is 27.0. The normalized spacial score (nSPS) is 13.6. The Hall–Kier alpha value is -5.75. The van der Waals surface area contributed by atoms with Crippen LogP contribution in [0.25, 0.3) is 17.2 Å². The van der Waals surface area contributed by atoms with E-state index in [9.17, 15) is 9.59 Å². The molecule has 1 aliphatic rings. The molecule has 0 saturated carbocycles. The molecule has 0 bridgehead atoms. The molecule has 0 fully saturated rings. The van der Waals surface area contributed by atoms with Crippen molar-refractivity contribution in [2.24, 2.45) is 10.7 Å². The van der Waals surface area contributed by atoms with Gasteiger partial charge >= 0.3 is 0 Å². The van der Waals surface area contributed by atoms with Gasteiger partial charge in [-0.25, -0.2) is 0 Å². The number of hydrogen-bond acceptors (Lipinski definition) is 3. The molecule has 0 spiro atoms. The standard InChI is InChI=1S/C42H40N4O2/c43-40(24-21-31-9-3-1-4-10-31)44-29-34-17-15-32(16-18-34)27-39(42(48)46-26-25-36-13-7-8-14-38(36)30-46)45-41(47)28-33-19-22-37(23-20-33)35-11-5-2-6-12-35/h1-24,39H,25-30H2,(H2,43,44)(H,45,47)/b24-21+. The van der Waals surface area contributed by atoms with Crippen molar-refractivity contribution in [1.29, 1.82) is 0 Å². The maximum absolute atomic E-state index is 14.0. The van der Waals surface area contributed by atoms with Gasteiger partial charge in [-0.15, -0.1) is 0 Å². The summed E-state index contributed by atoms with van der Waals surface area (Å²) in [5.74, 6) is 0.209. The Bertz CT molecular complexity index is 1880. The molecule has 5 aromatic carbocycles. The third-order valence-corrected chi connectivity index (χ3v) is 8.65. The van der Waals surface area contributed by atoms with Crippen molar-refractivity contribution in [3.8, 4) is 11.1 Å². The maximum Gasteiger partial charge on any atom is 0.245 e. The second kappa shape index (κ2) is 15.7. The van der Waals surface area contributed by atoms with Crippen LogP contribution >= 0.6 is 0 Å². The summed E-state index contributed by atoms with van der Waals surface area (Å²) in [4.78, 5) is 33.7.